The third-order valence-electron chi connectivity index (χ3n) is 2.76. The van der Waals surface area contributed by atoms with Crippen molar-refractivity contribution in [2.24, 2.45) is 11.1 Å². The molecular weight excluding hydrogens is 322 g/mol. The van der Waals surface area contributed by atoms with E-state index in [1.807, 2.05) is 18.2 Å². The van der Waals surface area contributed by atoms with Gasteiger partial charge in [0.05, 0.1) is 0 Å². The smallest absolute Gasteiger partial charge is 0.104 e. The van der Waals surface area contributed by atoms with Gasteiger partial charge < -0.3 is 16.0 Å². The molecular formula is C14H22BrN3S. The number of anilines is 1. The molecule has 0 heterocycles. The third kappa shape index (κ3) is 5.47. The van der Waals surface area contributed by atoms with E-state index in [2.05, 4.69) is 54.1 Å². The monoisotopic (exact) mass is 343 g/mol. The lowest BCUT2D eigenvalue weighted by molar-refractivity contribution is 0.254. The number of hydrogen-bond donors (Lipinski definition) is 2. The Labute approximate surface area is 129 Å². The average molecular weight is 344 g/mol. The Bertz CT molecular complexity index is 458. The minimum atomic E-state index is 0.199. The lowest BCUT2D eigenvalue weighted by Gasteiger charge is -2.29. The van der Waals surface area contributed by atoms with Gasteiger partial charge in [0.2, 0.25) is 0 Å². The lowest BCUT2D eigenvalue weighted by atomic mass is 9.93. The summed E-state index contributed by atoms with van der Waals surface area (Å²) in [5.74, 6) is 0. The molecule has 1 aromatic rings. The molecule has 0 fully saturated rings. The number of benzene rings is 1. The first-order valence-electron chi connectivity index (χ1n) is 6.19. The highest BCUT2D eigenvalue weighted by Gasteiger charge is 2.19. The van der Waals surface area contributed by atoms with Crippen LogP contribution in [0.15, 0.2) is 22.7 Å². The van der Waals surface area contributed by atoms with Crippen LogP contribution < -0.4 is 11.1 Å². The zero-order chi connectivity index (χ0) is 14.6. The van der Waals surface area contributed by atoms with Crippen molar-refractivity contribution in [2.45, 2.75) is 13.8 Å². The standard InChI is InChI=1S/C14H22BrN3S/c1-14(2,9-18(3)4)8-17-12-6-5-10(13(16)19)7-11(12)15/h5-7,17H,8-9H2,1-4H3,(H2,16,19). The fourth-order valence-electron chi connectivity index (χ4n) is 2.06. The van der Waals surface area contributed by atoms with Crippen LogP contribution in [0.25, 0.3) is 0 Å². The second-order valence-electron chi connectivity index (χ2n) is 5.81. The van der Waals surface area contributed by atoms with E-state index in [-0.39, 0.29) is 5.41 Å². The maximum Gasteiger partial charge on any atom is 0.104 e. The van der Waals surface area contributed by atoms with Gasteiger partial charge in [0.15, 0.2) is 0 Å². The number of nitrogens with two attached hydrogens (primary N) is 1. The molecule has 1 aromatic carbocycles. The van der Waals surface area contributed by atoms with Crippen LogP contribution >= 0.6 is 28.1 Å². The van der Waals surface area contributed by atoms with Crippen LogP contribution in [-0.4, -0.2) is 37.1 Å². The molecule has 0 atom stereocenters. The molecule has 0 saturated heterocycles. The van der Waals surface area contributed by atoms with E-state index in [9.17, 15) is 0 Å². The van der Waals surface area contributed by atoms with Gasteiger partial charge in [0.25, 0.3) is 0 Å². The third-order valence-corrected chi connectivity index (χ3v) is 3.65. The fraction of sp³-hybridized carbons (Fsp3) is 0.500. The van der Waals surface area contributed by atoms with Crippen molar-refractivity contribution in [3.8, 4) is 0 Å². The van der Waals surface area contributed by atoms with E-state index in [4.69, 9.17) is 18.0 Å². The molecule has 0 aromatic heterocycles. The van der Waals surface area contributed by atoms with Crippen molar-refractivity contribution >= 4 is 38.8 Å². The van der Waals surface area contributed by atoms with Crippen LogP contribution in [0.4, 0.5) is 5.69 Å². The number of thiocarbonyl (C=S) groups is 1. The van der Waals surface area contributed by atoms with E-state index in [0.717, 1.165) is 28.8 Å². The molecule has 0 aliphatic carbocycles. The van der Waals surface area contributed by atoms with Gasteiger partial charge in [-0.1, -0.05) is 26.1 Å². The Balaban J connectivity index is 2.71. The van der Waals surface area contributed by atoms with Gasteiger partial charge in [-0.3, -0.25) is 0 Å². The fourth-order valence-corrected chi connectivity index (χ4v) is 2.70. The summed E-state index contributed by atoms with van der Waals surface area (Å²) < 4.78 is 0.985. The molecule has 19 heavy (non-hydrogen) atoms. The summed E-state index contributed by atoms with van der Waals surface area (Å²) in [7, 11) is 4.18. The predicted octanol–water partition coefficient (Wildman–Crippen LogP) is 3.08. The number of nitrogens with zero attached hydrogens (tertiary/aromatic N) is 1. The van der Waals surface area contributed by atoms with Crippen LogP contribution in [0, 0.1) is 5.41 Å². The zero-order valence-electron chi connectivity index (χ0n) is 12.0. The van der Waals surface area contributed by atoms with Gasteiger partial charge in [-0.25, -0.2) is 0 Å². The molecule has 1 rings (SSSR count). The van der Waals surface area contributed by atoms with Crippen molar-refractivity contribution in [3.05, 3.63) is 28.2 Å². The van der Waals surface area contributed by atoms with Gasteiger partial charge in [0.1, 0.15) is 4.99 Å². The highest BCUT2D eigenvalue weighted by molar-refractivity contribution is 9.10. The summed E-state index contributed by atoms with van der Waals surface area (Å²) in [4.78, 5) is 2.62. The number of hydrogen-bond acceptors (Lipinski definition) is 3. The van der Waals surface area contributed by atoms with Crippen molar-refractivity contribution < 1.29 is 0 Å². The lowest BCUT2D eigenvalue weighted by Crippen LogP contribution is -2.34. The van der Waals surface area contributed by atoms with Crippen LogP contribution in [0.5, 0.6) is 0 Å². The van der Waals surface area contributed by atoms with Crippen molar-refractivity contribution in [3.63, 3.8) is 0 Å². The predicted molar refractivity (Wildman–Crippen MR) is 90.9 cm³/mol. The Morgan fingerprint density at radius 1 is 1.42 bits per heavy atom. The number of halogens is 1. The molecule has 0 aliphatic heterocycles. The molecule has 0 spiro atoms. The maximum absolute atomic E-state index is 5.62. The van der Waals surface area contributed by atoms with Gasteiger partial charge in [0, 0.05) is 28.8 Å². The highest BCUT2D eigenvalue weighted by atomic mass is 79.9. The van der Waals surface area contributed by atoms with E-state index in [1.54, 1.807) is 0 Å². The summed E-state index contributed by atoms with van der Waals surface area (Å²) in [6, 6.07) is 5.89. The normalized spacial score (nSPS) is 11.7. The van der Waals surface area contributed by atoms with Crippen LogP contribution in [0.3, 0.4) is 0 Å². The van der Waals surface area contributed by atoms with E-state index >= 15 is 0 Å². The molecule has 106 valence electrons. The summed E-state index contributed by atoms with van der Waals surface area (Å²) in [6.07, 6.45) is 0. The first-order chi connectivity index (χ1) is 8.71. The van der Waals surface area contributed by atoms with Gasteiger partial charge in [-0.2, -0.15) is 0 Å². The summed E-state index contributed by atoms with van der Waals surface area (Å²) in [5.41, 5.74) is 7.75. The van der Waals surface area contributed by atoms with Crippen molar-refractivity contribution in [1.29, 1.82) is 0 Å². The molecule has 0 saturated carbocycles. The zero-order valence-corrected chi connectivity index (χ0v) is 14.4. The Hall–Kier alpha value is -0.650. The van der Waals surface area contributed by atoms with Crippen molar-refractivity contribution in [1.82, 2.24) is 4.90 Å². The molecule has 0 unspecified atom stereocenters. The number of rotatable bonds is 6. The first kappa shape index (κ1) is 16.4. The highest BCUT2D eigenvalue weighted by Crippen LogP contribution is 2.25. The summed E-state index contributed by atoms with van der Waals surface area (Å²) in [5, 5.41) is 3.47. The van der Waals surface area contributed by atoms with E-state index in [0.29, 0.717) is 4.99 Å². The second-order valence-corrected chi connectivity index (χ2v) is 7.11. The quantitative estimate of drug-likeness (QED) is 0.779. The SMILES string of the molecule is CN(C)CC(C)(C)CNc1ccc(C(N)=S)cc1Br. The Morgan fingerprint density at radius 3 is 2.53 bits per heavy atom. The minimum absolute atomic E-state index is 0.199. The molecule has 3 nitrogen and oxygen atoms in total. The van der Waals surface area contributed by atoms with Gasteiger partial charge in [-0.05, 0) is 53.6 Å². The maximum atomic E-state index is 5.62. The molecule has 5 heteroatoms. The minimum Gasteiger partial charge on any atom is -0.389 e. The largest absolute Gasteiger partial charge is 0.389 e. The first-order valence-corrected chi connectivity index (χ1v) is 7.39. The van der Waals surface area contributed by atoms with Crippen LogP contribution in [0.1, 0.15) is 19.4 Å². The van der Waals surface area contributed by atoms with Crippen molar-refractivity contribution in [2.75, 3.05) is 32.5 Å². The summed E-state index contributed by atoms with van der Waals surface area (Å²) >= 11 is 8.51. The molecule has 0 bridgehead atoms. The summed E-state index contributed by atoms with van der Waals surface area (Å²) in [6.45, 7) is 6.42. The molecule has 0 radical (unpaired) electrons. The molecule has 0 amide bonds. The topological polar surface area (TPSA) is 41.3 Å². The average Bonchev–Trinajstić information content (AvgIpc) is 2.25. The van der Waals surface area contributed by atoms with Crippen LogP contribution in [-0.2, 0) is 0 Å². The molecule has 3 N–H and O–H groups in total. The van der Waals surface area contributed by atoms with Gasteiger partial charge >= 0.3 is 0 Å². The Morgan fingerprint density at radius 2 is 2.05 bits per heavy atom. The molecule has 0 aliphatic rings. The van der Waals surface area contributed by atoms with Gasteiger partial charge in [-0.15, -0.1) is 0 Å². The number of nitrogens with one attached hydrogen (secondary N) is 1. The van der Waals surface area contributed by atoms with E-state index in [1.165, 1.54) is 0 Å². The van der Waals surface area contributed by atoms with E-state index < -0.39 is 0 Å². The second kappa shape index (κ2) is 6.68. The van der Waals surface area contributed by atoms with Crippen LogP contribution in [0.2, 0.25) is 0 Å². The Kier molecular flexibility index (Phi) is 5.77.